The minimum absolute atomic E-state index is 0.391. The van der Waals surface area contributed by atoms with Gasteiger partial charge in [-0.3, -0.25) is 0 Å². The summed E-state index contributed by atoms with van der Waals surface area (Å²) in [4.78, 5) is 14.8. The molecule has 146 valence electrons. The molecule has 2 unspecified atom stereocenters. The van der Waals surface area contributed by atoms with Gasteiger partial charge in [0.15, 0.2) is 17.5 Å². The number of hydrogen-bond donors (Lipinski definition) is 0. The quantitative estimate of drug-likeness (QED) is 0.479. The highest BCUT2D eigenvalue weighted by atomic mass is 15.0. The molecule has 3 nitrogen and oxygen atoms in total. The molecule has 0 fully saturated rings. The third-order valence-electron chi connectivity index (χ3n) is 5.55. The van der Waals surface area contributed by atoms with Crippen molar-refractivity contribution in [2.75, 3.05) is 0 Å². The molecule has 0 aromatic carbocycles. The molecule has 1 aromatic rings. The maximum absolute atomic E-state index is 4.94. The lowest BCUT2D eigenvalue weighted by Crippen LogP contribution is -2.10. The Labute approximate surface area is 173 Å². The number of allylic oxidation sites excluding steroid dienone is 12. The molecule has 3 heteroatoms. The van der Waals surface area contributed by atoms with Gasteiger partial charge >= 0.3 is 0 Å². The monoisotopic (exact) mass is 381 g/mol. The van der Waals surface area contributed by atoms with Crippen molar-refractivity contribution in [3.8, 4) is 11.8 Å². The maximum Gasteiger partial charge on any atom is 0.160 e. The molecule has 0 bridgehead atoms. The van der Waals surface area contributed by atoms with Crippen molar-refractivity contribution in [3.05, 3.63) is 72.2 Å². The van der Waals surface area contributed by atoms with E-state index >= 15 is 0 Å². The Bertz CT molecular complexity index is 1020. The van der Waals surface area contributed by atoms with Crippen LogP contribution in [0.1, 0.15) is 63.4 Å². The minimum Gasteiger partial charge on any atom is -0.209 e. The first-order valence-electron chi connectivity index (χ1n) is 10.6. The van der Waals surface area contributed by atoms with Crippen LogP contribution in [0.5, 0.6) is 0 Å². The second kappa shape index (κ2) is 9.01. The van der Waals surface area contributed by atoms with Crippen LogP contribution in [0, 0.1) is 23.7 Å². The van der Waals surface area contributed by atoms with Crippen molar-refractivity contribution in [1.82, 2.24) is 15.0 Å². The summed E-state index contributed by atoms with van der Waals surface area (Å²) < 4.78 is 0. The van der Waals surface area contributed by atoms with E-state index in [1.54, 1.807) is 0 Å². The summed E-state index contributed by atoms with van der Waals surface area (Å²) in [6.45, 7) is 4.42. The molecule has 0 saturated carbocycles. The molecule has 1 heterocycles. The first-order chi connectivity index (χ1) is 14.2. The van der Waals surface area contributed by atoms with Gasteiger partial charge in [0.2, 0.25) is 0 Å². The first-order valence-corrected chi connectivity index (χ1v) is 10.6. The smallest absolute Gasteiger partial charge is 0.160 e. The van der Waals surface area contributed by atoms with E-state index in [1.807, 2.05) is 12.2 Å². The predicted molar refractivity (Wildman–Crippen MR) is 120 cm³/mol. The standard InChI is InChI=1S/C26H27N3/c1-19-11-10-15-22(18-17-19)25-27-24(21-13-7-3-4-8-14-21)28-26(29-25)23-16-9-5-6-12-20(23)2/h3-8,13,15-16,19-20H,9,12,14,17-18H2,1-2H3. The van der Waals surface area contributed by atoms with Crippen LogP contribution >= 0.6 is 0 Å². The number of rotatable bonds is 3. The number of aromatic nitrogens is 3. The molecule has 0 amide bonds. The van der Waals surface area contributed by atoms with Crippen molar-refractivity contribution in [3.63, 3.8) is 0 Å². The van der Waals surface area contributed by atoms with Crippen LogP contribution in [-0.2, 0) is 0 Å². The average molecular weight is 382 g/mol. The molecule has 3 aliphatic rings. The summed E-state index contributed by atoms with van der Waals surface area (Å²) in [6.07, 6.45) is 23.9. The Balaban J connectivity index is 1.80. The zero-order valence-electron chi connectivity index (χ0n) is 17.2. The van der Waals surface area contributed by atoms with E-state index in [1.165, 1.54) is 5.57 Å². The van der Waals surface area contributed by atoms with Gasteiger partial charge in [-0.05, 0) is 49.7 Å². The zero-order chi connectivity index (χ0) is 20.1. The van der Waals surface area contributed by atoms with Gasteiger partial charge in [0.1, 0.15) is 0 Å². The SMILES string of the molecule is CC1C#CC=C(c2nc(C3=CC=CC=CC3)nc(C3=CCC=CCC3C)n2)CC1. The zero-order valence-corrected chi connectivity index (χ0v) is 17.2. The van der Waals surface area contributed by atoms with Gasteiger partial charge in [-0.2, -0.15) is 0 Å². The van der Waals surface area contributed by atoms with Crippen LogP contribution in [0.4, 0.5) is 0 Å². The summed E-state index contributed by atoms with van der Waals surface area (Å²) in [6, 6.07) is 0. The molecule has 4 rings (SSSR count). The van der Waals surface area contributed by atoms with Crippen molar-refractivity contribution >= 4 is 16.7 Å². The van der Waals surface area contributed by atoms with Crippen LogP contribution in [0.15, 0.2) is 54.7 Å². The van der Waals surface area contributed by atoms with Gasteiger partial charge in [-0.25, -0.2) is 15.0 Å². The first kappa shape index (κ1) is 19.3. The topological polar surface area (TPSA) is 38.7 Å². The fourth-order valence-electron chi connectivity index (χ4n) is 3.73. The van der Waals surface area contributed by atoms with Gasteiger partial charge in [0.25, 0.3) is 0 Å². The molecule has 0 spiro atoms. The fraction of sp³-hybridized carbons (Fsp3) is 0.346. The van der Waals surface area contributed by atoms with Crippen LogP contribution in [0.2, 0.25) is 0 Å². The summed E-state index contributed by atoms with van der Waals surface area (Å²) in [5, 5.41) is 0. The van der Waals surface area contributed by atoms with Gasteiger partial charge in [-0.15, -0.1) is 0 Å². The lowest BCUT2D eigenvalue weighted by Gasteiger charge is -2.15. The van der Waals surface area contributed by atoms with E-state index in [9.17, 15) is 0 Å². The van der Waals surface area contributed by atoms with Gasteiger partial charge in [0.05, 0.1) is 0 Å². The van der Waals surface area contributed by atoms with Crippen molar-refractivity contribution in [2.45, 2.75) is 46.0 Å². The lowest BCUT2D eigenvalue weighted by atomic mass is 9.97. The molecule has 1 aromatic heterocycles. The molecule has 0 N–H and O–H groups in total. The summed E-state index contributed by atoms with van der Waals surface area (Å²) >= 11 is 0. The minimum atomic E-state index is 0.391. The second-order valence-corrected chi connectivity index (χ2v) is 7.92. The Kier molecular flexibility index (Phi) is 6.00. The van der Waals surface area contributed by atoms with E-state index < -0.39 is 0 Å². The number of hydrogen-bond acceptors (Lipinski definition) is 3. The Morgan fingerprint density at radius 2 is 1.72 bits per heavy atom. The van der Waals surface area contributed by atoms with Gasteiger partial charge in [0, 0.05) is 17.1 Å². The maximum atomic E-state index is 4.94. The van der Waals surface area contributed by atoms with Crippen LogP contribution in [0.3, 0.4) is 0 Å². The van der Waals surface area contributed by atoms with E-state index in [4.69, 9.17) is 15.0 Å². The average Bonchev–Trinajstić information content (AvgIpc) is 3.21. The molecule has 0 radical (unpaired) electrons. The van der Waals surface area contributed by atoms with Crippen molar-refractivity contribution < 1.29 is 0 Å². The van der Waals surface area contributed by atoms with E-state index in [2.05, 4.69) is 68.2 Å². The Morgan fingerprint density at radius 1 is 0.897 bits per heavy atom. The Hall–Kier alpha value is -2.99. The third kappa shape index (κ3) is 4.71. The summed E-state index contributed by atoms with van der Waals surface area (Å²) in [5.74, 6) is 9.63. The normalized spacial score (nSPS) is 23.7. The highest BCUT2D eigenvalue weighted by molar-refractivity contribution is 5.71. The largest absolute Gasteiger partial charge is 0.209 e. The second-order valence-electron chi connectivity index (χ2n) is 7.92. The van der Waals surface area contributed by atoms with Crippen molar-refractivity contribution in [1.29, 1.82) is 0 Å². The van der Waals surface area contributed by atoms with E-state index in [-0.39, 0.29) is 0 Å². The number of nitrogens with zero attached hydrogens (tertiary/aromatic N) is 3. The molecule has 29 heavy (non-hydrogen) atoms. The molecule has 3 aliphatic carbocycles. The lowest BCUT2D eigenvalue weighted by molar-refractivity contribution is 0.685. The van der Waals surface area contributed by atoms with Crippen LogP contribution < -0.4 is 0 Å². The molecule has 0 saturated heterocycles. The van der Waals surface area contributed by atoms with Gasteiger partial charge in [-0.1, -0.05) is 74.3 Å². The molecular formula is C26H27N3. The highest BCUT2D eigenvalue weighted by Gasteiger charge is 2.20. The fourth-order valence-corrected chi connectivity index (χ4v) is 3.73. The molecular weight excluding hydrogens is 354 g/mol. The summed E-state index contributed by atoms with van der Waals surface area (Å²) in [7, 11) is 0. The van der Waals surface area contributed by atoms with Crippen molar-refractivity contribution in [2.24, 2.45) is 11.8 Å². The third-order valence-corrected chi connectivity index (χ3v) is 5.55. The van der Waals surface area contributed by atoms with E-state index in [0.29, 0.717) is 11.8 Å². The van der Waals surface area contributed by atoms with Crippen LogP contribution in [0.25, 0.3) is 16.7 Å². The highest BCUT2D eigenvalue weighted by Crippen LogP contribution is 2.30. The van der Waals surface area contributed by atoms with E-state index in [0.717, 1.165) is 60.7 Å². The van der Waals surface area contributed by atoms with Crippen LogP contribution in [-0.4, -0.2) is 15.0 Å². The predicted octanol–water partition coefficient (Wildman–Crippen LogP) is 5.96. The molecule has 0 aliphatic heterocycles. The van der Waals surface area contributed by atoms with Gasteiger partial charge < -0.3 is 0 Å². The molecule has 2 atom stereocenters. The Morgan fingerprint density at radius 3 is 2.62 bits per heavy atom. The summed E-state index contributed by atoms with van der Waals surface area (Å²) in [5.41, 5.74) is 3.45.